The number of halogens is 1. The van der Waals surface area contributed by atoms with E-state index in [1.54, 1.807) is 11.0 Å². The van der Waals surface area contributed by atoms with Crippen molar-refractivity contribution in [3.05, 3.63) is 59.1 Å². The topological polar surface area (TPSA) is 66.5 Å². The minimum absolute atomic E-state index is 0.00380. The average molecular weight is 393 g/mol. The number of rotatable bonds is 5. The van der Waals surface area contributed by atoms with Gasteiger partial charge in [-0.3, -0.25) is 4.79 Å². The molecule has 1 heterocycles. The highest BCUT2D eigenvalue weighted by Gasteiger charge is 2.35. The maximum atomic E-state index is 12.9. The largest absolute Gasteiger partial charge is 0.376 e. The molecule has 26 heavy (non-hydrogen) atoms. The third-order valence-corrected chi connectivity index (χ3v) is 6.73. The minimum atomic E-state index is -3.09. The van der Waals surface area contributed by atoms with Crippen LogP contribution in [0.3, 0.4) is 0 Å². The van der Waals surface area contributed by atoms with Crippen molar-refractivity contribution in [1.29, 1.82) is 0 Å². The third-order valence-electron chi connectivity index (χ3n) is 4.57. The summed E-state index contributed by atoms with van der Waals surface area (Å²) in [6.45, 7) is 1.94. The average Bonchev–Trinajstić information content (AvgIpc) is 2.97. The van der Waals surface area contributed by atoms with Gasteiger partial charge in [0.15, 0.2) is 9.84 Å². The number of benzene rings is 2. The van der Waals surface area contributed by atoms with Gasteiger partial charge in [-0.05, 0) is 43.2 Å². The van der Waals surface area contributed by atoms with E-state index in [0.717, 1.165) is 11.3 Å². The molecule has 2 aromatic rings. The van der Waals surface area contributed by atoms with Crippen molar-refractivity contribution in [2.45, 2.75) is 19.4 Å². The van der Waals surface area contributed by atoms with Crippen molar-refractivity contribution in [2.24, 2.45) is 0 Å². The molecule has 0 radical (unpaired) electrons. The smallest absolute Gasteiger partial charge is 0.246 e. The Hall–Kier alpha value is -2.05. The highest BCUT2D eigenvalue weighted by atomic mass is 35.5. The van der Waals surface area contributed by atoms with E-state index in [1.165, 1.54) is 0 Å². The Morgan fingerprint density at radius 1 is 1.19 bits per heavy atom. The summed E-state index contributed by atoms with van der Waals surface area (Å²) in [6, 6.07) is 14.3. The molecule has 1 fully saturated rings. The van der Waals surface area contributed by atoms with Gasteiger partial charge in [0.05, 0.1) is 24.1 Å². The number of nitrogens with zero attached hydrogens (tertiary/aromatic N) is 1. The first-order chi connectivity index (χ1) is 12.4. The minimum Gasteiger partial charge on any atom is -0.376 e. The van der Waals surface area contributed by atoms with Crippen molar-refractivity contribution in [2.75, 3.05) is 28.3 Å². The molecular weight excluding hydrogens is 372 g/mol. The fourth-order valence-corrected chi connectivity index (χ4v) is 5.06. The van der Waals surface area contributed by atoms with Gasteiger partial charge in [-0.15, -0.1) is 0 Å². The Bertz CT molecular complexity index is 900. The van der Waals surface area contributed by atoms with Crippen molar-refractivity contribution in [3.8, 4) is 0 Å². The van der Waals surface area contributed by atoms with Gasteiger partial charge in [0.25, 0.3) is 0 Å². The van der Waals surface area contributed by atoms with Crippen LogP contribution in [0.4, 0.5) is 11.4 Å². The Balaban J connectivity index is 1.80. The Morgan fingerprint density at radius 3 is 2.58 bits per heavy atom. The number of nitrogens with one attached hydrogen (secondary N) is 1. The maximum absolute atomic E-state index is 12.9. The number of anilines is 2. The molecule has 1 saturated heterocycles. The molecule has 0 unspecified atom stereocenters. The van der Waals surface area contributed by atoms with Crippen LogP contribution in [0.2, 0.25) is 5.02 Å². The molecule has 3 rings (SSSR count). The zero-order valence-electron chi connectivity index (χ0n) is 14.5. The highest BCUT2D eigenvalue weighted by Crippen LogP contribution is 2.26. The number of sulfone groups is 1. The molecule has 7 heteroatoms. The summed E-state index contributed by atoms with van der Waals surface area (Å²) >= 11 is 6.12. The van der Waals surface area contributed by atoms with Gasteiger partial charge in [0.2, 0.25) is 5.91 Å². The molecule has 1 aliphatic rings. The second-order valence-corrected chi connectivity index (χ2v) is 9.06. The van der Waals surface area contributed by atoms with Crippen molar-refractivity contribution in [1.82, 2.24) is 0 Å². The number of carbonyl (C=O) groups excluding carboxylic acids is 1. The molecule has 0 aromatic heterocycles. The Kier molecular flexibility index (Phi) is 5.53. The Labute approximate surface area is 158 Å². The van der Waals surface area contributed by atoms with Crippen LogP contribution in [0, 0.1) is 6.92 Å². The van der Waals surface area contributed by atoms with Crippen molar-refractivity contribution in [3.63, 3.8) is 0 Å². The third kappa shape index (κ3) is 4.19. The number of amides is 1. The zero-order valence-corrected chi connectivity index (χ0v) is 16.1. The van der Waals surface area contributed by atoms with E-state index < -0.39 is 9.84 Å². The van der Waals surface area contributed by atoms with E-state index in [9.17, 15) is 13.2 Å². The summed E-state index contributed by atoms with van der Waals surface area (Å²) in [6.07, 6.45) is 0.458. The second-order valence-electron chi connectivity index (χ2n) is 6.42. The highest BCUT2D eigenvalue weighted by molar-refractivity contribution is 7.91. The zero-order chi connectivity index (χ0) is 18.7. The van der Waals surface area contributed by atoms with Gasteiger partial charge in [-0.2, -0.15) is 0 Å². The number of hydrogen-bond acceptors (Lipinski definition) is 4. The molecule has 1 aliphatic heterocycles. The lowest BCUT2D eigenvalue weighted by atomic mass is 10.1. The van der Waals surface area contributed by atoms with Crippen molar-refractivity contribution < 1.29 is 13.2 Å². The van der Waals surface area contributed by atoms with E-state index in [1.807, 2.05) is 49.4 Å². The second kappa shape index (κ2) is 7.68. The summed E-state index contributed by atoms with van der Waals surface area (Å²) in [5, 5.41) is 3.75. The fourth-order valence-electron chi connectivity index (χ4n) is 3.18. The van der Waals surface area contributed by atoms with Crippen LogP contribution >= 0.6 is 11.6 Å². The van der Waals surface area contributed by atoms with Crippen molar-refractivity contribution >= 4 is 38.7 Å². The molecule has 1 N–H and O–H groups in total. The summed E-state index contributed by atoms with van der Waals surface area (Å²) in [4.78, 5) is 14.6. The molecule has 138 valence electrons. The molecule has 0 aliphatic carbocycles. The van der Waals surface area contributed by atoms with Gasteiger partial charge >= 0.3 is 0 Å². The first kappa shape index (κ1) is 18.7. The molecule has 5 nitrogen and oxygen atoms in total. The van der Waals surface area contributed by atoms with Crippen LogP contribution in [-0.4, -0.2) is 38.4 Å². The molecular formula is C19H21ClN2O3S. The monoisotopic (exact) mass is 392 g/mol. The van der Waals surface area contributed by atoms with Crippen LogP contribution in [0.25, 0.3) is 0 Å². The summed E-state index contributed by atoms with van der Waals surface area (Å²) < 4.78 is 23.8. The SMILES string of the molecule is Cc1c(Cl)cccc1NCC(=O)N(c1ccccc1)[C@@H]1CCS(=O)(=O)C1. The predicted molar refractivity (Wildman–Crippen MR) is 106 cm³/mol. The van der Waals surface area contributed by atoms with Crippen LogP contribution in [0.15, 0.2) is 48.5 Å². The first-order valence-electron chi connectivity index (χ1n) is 8.44. The normalized spacial score (nSPS) is 18.5. The molecule has 0 spiro atoms. The van der Waals surface area contributed by atoms with Crippen LogP contribution in [0.5, 0.6) is 0 Å². The molecule has 1 amide bonds. The van der Waals surface area contributed by atoms with Crippen LogP contribution in [0.1, 0.15) is 12.0 Å². The molecule has 0 saturated carbocycles. The van der Waals surface area contributed by atoms with Crippen LogP contribution in [-0.2, 0) is 14.6 Å². The number of hydrogen-bond donors (Lipinski definition) is 1. The Morgan fingerprint density at radius 2 is 1.92 bits per heavy atom. The van der Waals surface area contributed by atoms with E-state index in [0.29, 0.717) is 17.1 Å². The lowest BCUT2D eigenvalue weighted by Gasteiger charge is -2.29. The predicted octanol–water partition coefficient (Wildman–Crippen LogP) is 3.28. The number of para-hydroxylation sites is 1. The summed E-state index contributed by atoms with van der Waals surface area (Å²) in [5.74, 6) is -0.0449. The molecule has 2 aromatic carbocycles. The lowest BCUT2D eigenvalue weighted by molar-refractivity contribution is -0.117. The van der Waals surface area contributed by atoms with E-state index in [2.05, 4.69) is 5.32 Å². The van der Waals surface area contributed by atoms with Gasteiger partial charge < -0.3 is 10.2 Å². The van der Waals surface area contributed by atoms with Gasteiger partial charge in [-0.1, -0.05) is 35.9 Å². The standard InChI is InChI=1S/C19H21ClN2O3S/c1-14-17(20)8-5-9-18(14)21-12-19(23)22(15-6-3-2-4-7-15)16-10-11-26(24,25)13-16/h2-9,16,21H,10-13H2,1H3/t16-/m1/s1. The number of carbonyl (C=O) groups is 1. The summed E-state index contributed by atoms with van der Waals surface area (Å²) in [5.41, 5.74) is 2.37. The van der Waals surface area contributed by atoms with Gasteiger partial charge in [0, 0.05) is 16.4 Å². The van der Waals surface area contributed by atoms with E-state index in [-0.39, 0.29) is 30.0 Å². The summed E-state index contributed by atoms with van der Waals surface area (Å²) in [7, 11) is -3.09. The maximum Gasteiger partial charge on any atom is 0.246 e. The van der Waals surface area contributed by atoms with Crippen LogP contribution < -0.4 is 10.2 Å². The lowest BCUT2D eigenvalue weighted by Crippen LogP contribution is -2.44. The first-order valence-corrected chi connectivity index (χ1v) is 10.6. The molecule has 1 atom stereocenters. The van der Waals surface area contributed by atoms with E-state index >= 15 is 0 Å². The fraction of sp³-hybridized carbons (Fsp3) is 0.316. The van der Waals surface area contributed by atoms with Gasteiger partial charge in [-0.25, -0.2) is 8.42 Å². The van der Waals surface area contributed by atoms with E-state index in [4.69, 9.17) is 11.6 Å². The molecule has 0 bridgehead atoms. The van der Waals surface area contributed by atoms with Gasteiger partial charge in [0.1, 0.15) is 0 Å². The quantitative estimate of drug-likeness (QED) is 0.847.